The lowest BCUT2D eigenvalue weighted by atomic mass is 10.1. The molecule has 0 amide bonds. The monoisotopic (exact) mass is 404 g/mol. The number of benzene rings is 2. The average molecular weight is 404 g/mol. The van der Waals surface area contributed by atoms with Gasteiger partial charge in [-0.05, 0) is 36.2 Å². The van der Waals surface area contributed by atoms with Crippen LogP contribution in [0.5, 0.6) is 17.2 Å². The van der Waals surface area contributed by atoms with Crippen LogP contribution < -0.4 is 19.3 Å². The Balaban J connectivity index is 1.98. The highest BCUT2D eigenvalue weighted by molar-refractivity contribution is 7.87. The molecule has 148 valence electrons. The fraction of sp³-hybridized carbons (Fsp3) is 0.250. The third-order valence-corrected chi connectivity index (χ3v) is 5.41. The molecule has 28 heavy (non-hydrogen) atoms. The third kappa shape index (κ3) is 3.96. The van der Waals surface area contributed by atoms with Crippen LogP contribution in [-0.4, -0.2) is 22.6 Å². The van der Waals surface area contributed by atoms with E-state index < -0.39 is 15.7 Å². The van der Waals surface area contributed by atoms with Crippen molar-refractivity contribution in [3.63, 3.8) is 0 Å². The smallest absolute Gasteiger partial charge is 0.339 e. The first kappa shape index (κ1) is 19.8. The summed E-state index contributed by atoms with van der Waals surface area (Å²) in [5, 5.41) is 0.748. The Labute approximate surface area is 162 Å². The van der Waals surface area contributed by atoms with E-state index in [1.54, 1.807) is 6.07 Å². The number of rotatable bonds is 7. The summed E-state index contributed by atoms with van der Waals surface area (Å²) in [6, 6.07) is 10.2. The molecule has 0 aliphatic heterocycles. The van der Waals surface area contributed by atoms with Gasteiger partial charge in [0.05, 0.1) is 14.2 Å². The molecule has 3 rings (SSSR count). The van der Waals surface area contributed by atoms with E-state index in [-0.39, 0.29) is 22.0 Å². The summed E-state index contributed by atoms with van der Waals surface area (Å²) in [6.07, 6.45) is 1.58. The van der Waals surface area contributed by atoms with Gasteiger partial charge in [0, 0.05) is 23.6 Å². The van der Waals surface area contributed by atoms with Gasteiger partial charge in [-0.25, -0.2) is 4.79 Å². The van der Waals surface area contributed by atoms with Gasteiger partial charge in [-0.1, -0.05) is 13.3 Å². The molecule has 2 aromatic carbocycles. The average Bonchev–Trinajstić information content (AvgIpc) is 2.66. The van der Waals surface area contributed by atoms with E-state index in [9.17, 15) is 13.2 Å². The van der Waals surface area contributed by atoms with Crippen LogP contribution in [0.15, 0.2) is 56.6 Å². The third-order valence-electron chi connectivity index (χ3n) is 4.17. The summed E-state index contributed by atoms with van der Waals surface area (Å²) >= 11 is 0. The van der Waals surface area contributed by atoms with Gasteiger partial charge in [-0.3, -0.25) is 0 Å². The molecule has 0 radical (unpaired) electrons. The van der Waals surface area contributed by atoms with Crippen LogP contribution in [0, 0.1) is 0 Å². The number of methoxy groups -OCH3 is 2. The minimum absolute atomic E-state index is 0.0408. The predicted molar refractivity (Wildman–Crippen MR) is 104 cm³/mol. The van der Waals surface area contributed by atoms with Gasteiger partial charge in [0.2, 0.25) is 0 Å². The fourth-order valence-electron chi connectivity index (χ4n) is 2.89. The van der Waals surface area contributed by atoms with Gasteiger partial charge in [-0.2, -0.15) is 8.42 Å². The quantitative estimate of drug-likeness (QED) is 0.439. The van der Waals surface area contributed by atoms with E-state index in [1.165, 1.54) is 50.6 Å². The number of aryl methyl sites for hydroxylation is 1. The molecule has 0 N–H and O–H groups in total. The Morgan fingerprint density at radius 3 is 2.39 bits per heavy atom. The normalized spacial score (nSPS) is 11.4. The van der Waals surface area contributed by atoms with Gasteiger partial charge in [0.15, 0.2) is 11.5 Å². The maximum Gasteiger partial charge on any atom is 0.339 e. The summed E-state index contributed by atoms with van der Waals surface area (Å²) in [6.45, 7) is 2.01. The molecular weight excluding hydrogens is 384 g/mol. The molecule has 0 aliphatic carbocycles. The molecule has 0 unspecified atom stereocenters. The van der Waals surface area contributed by atoms with E-state index in [2.05, 4.69) is 0 Å². The minimum atomic E-state index is -4.13. The summed E-state index contributed by atoms with van der Waals surface area (Å²) in [7, 11) is -1.26. The fourth-order valence-corrected chi connectivity index (χ4v) is 3.82. The Morgan fingerprint density at radius 2 is 1.71 bits per heavy atom. The summed E-state index contributed by atoms with van der Waals surface area (Å²) < 4.78 is 45.9. The van der Waals surface area contributed by atoms with Crippen LogP contribution in [0.1, 0.15) is 18.9 Å². The summed E-state index contributed by atoms with van der Waals surface area (Å²) in [5.74, 6) is 0.706. The zero-order valence-electron chi connectivity index (χ0n) is 15.7. The molecule has 3 aromatic rings. The van der Waals surface area contributed by atoms with E-state index in [0.717, 1.165) is 17.4 Å². The van der Waals surface area contributed by atoms with Crippen molar-refractivity contribution in [3.8, 4) is 17.2 Å². The van der Waals surface area contributed by atoms with Gasteiger partial charge in [0.25, 0.3) is 0 Å². The molecule has 1 heterocycles. The summed E-state index contributed by atoms with van der Waals surface area (Å²) in [5.41, 5.74) is 0.634. The molecule has 0 saturated carbocycles. The SMILES string of the molecule is CCCc1cc(=O)oc2cc(OS(=O)(=O)c3ccc(OC)c(OC)c3)ccc12. The lowest BCUT2D eigenvalue weighted by molar-refractivity contribution is 0.353. The Hall–Kier alpha value is -3.00. The van der Waals surface area contributed by atoms with Gasteiger partial charge < -0.3 is 18.1 Å². The van der Waals surface area contributed by atoms with Gasteiger partial charge >= 0.3 is 15.7 Å². The number of fused-ring (bicyclic) bond motifs is 1. The van der Waals surface area contributed by atoms with Crippen molar-refractivity contribution in [1.29, 1.82) is 0 Å². The van der Waals surface area contributed by atoms with Crippen LogP contribution in [0.25, 0.3) is 11.0 Å². The van der Waals surface area contributed by atoms with Crippen molar-refractivity contribution in [1.82, 2.24) is 0 Å². The van der Waals surface area contributed by atoms with E-state index in [1.807, 2.05) is 6.92 Å². The van der Waals surface area contributed by atoms with Crippen LogP contribution in [0.4, 0.5) is 0 Å². The highest BCUT2D eigenvalue weighted by Crippen LogP contribution is 2.31. The first-order valence-corrected chi connectivity index (χ1v) is 10.0. The minimum Gasteiger partial charge on any atom is -0.493 e. The molecule has 1 aromatic heterocycles. The highest BCUT2D eigenvalue weighted by atomic mass is 32.2. The molecule has 7 nitrogen and oxygen atoms in total. The molecular formula is C20H20O7S. The van der Waals surface area contributed by atoms with Crippen molar-refractivity contribution in [2.45, 2.75) is 24.7 Å². The van der Waals surface area contributed by atoms with Gasteiger partial charge in [-0.15, -0.1) is 0 Å². The maximum absolute atomic E-state index is 12.6. The number of hydrogen-bond acceptors (Lipinski definition) is 7. The van der Waals surface area contributed by atoms with Crippen LogP contribution in [0.3, 0.4) is 0 Å². The second-order valence-corrected chi connectivity index (χ2v) is 7.60. The molecule has 0 spiro atoms. The maximum atomic E-state index is 12.6. The largest absolute Gasteiger partial charge is 0.493 e. The lowest BCUT2D eigenvalue weighted by Crippen LogP contribution is -2.10. The van der Waals surface area contributed by atoms with E-state index in [0.29, 0.717) is 12.2 Å². The Morgan fingerprint density at radius 1 is 0.964 bits per heavy atom. The van der Waals surface area contributed by atoms with Crippen molar-refractivity contribution in [2.24, 2.45) is 0 Å². The Kier molecular flexibility index (Phi) is 5.60. The lowest BCUT2D eigenvalue weighted by Gasteiger charge is -2.11. The van der Waals surface area contributed by atoms with E-state index in [4.69, 9.17) is 18.1 Å². The standard InChI is InChI=1S/C20H20O7S/c1-4-5-13-10-20(21)26-18-11-14(6-8-16(13)18)27-28(22,23)15-7-9-17(24-2)19(12-15)25-3/h6-12H,4-5H2,1-3H3. The molecule has 8 heteroatoms. The molecule has 0 saturated heterocycles. The van der Waals surface area contributed by atoms with Gasteiger partial charge in [0.1, 0.15) is 16.2 Å². The zero-order valence-corrected chi connectivity index (χ0v) is 16.5. The molecule has 0 bridgehead atoms. The summed E-state index contributed by atoms with van der Waals surface area (Å²) in [4.78, 5) is 11.7. The van der Waals surface area contributed by atoms with Crippen LogP contribution in [-0.2, 0) is 16.5 Å². The topological polar surface area (TPSA) is 92.0 Å². The number of hydrogen-bond donors (Lipinski definition) is 0. The van der Waals surface area contributed by atoms with Crippen LogP contribution >= 0.6 is 0 Å². The predicted octanol–water partition coefficient (Wildman–Crippen LogP) is 3.53. The second kappa shape index (κ2) is 7.93. The van der Waals surface area contributed by atoms with Crippen LogP contribution in [0.2, 0.25) is 0 Å². The first-order chi connectivity index (χ1) is 13.4. The van der Waals surface area contributed by atoms with Crippen molar-refractivity contribution < 1.29 is 26.5 Å². The molecule has 0 aliphatic rings. The number of ether oxygens (including phenoxy) is 2. The van der Waals surface area contributed by atoms with E-state index >= 15 is 0 Å². The second-order valence-electron chi connectivity index (χ2n) is 6.05. The molecule has 0 fully saturated rings. The van der Waals surface area contributed by atoms with Crippen molar-refractivity contribution >= 4 is 21.1 Å². The molecule has 0 atom stereocenters. The Bertz CT molecular complexity index is 1160. The van der Waals surface area contributed by atoms with Crippen molar-refractivity contribution in [3.05, 3.63) is 58.4 Å². The first-order valence-electron chi connectivity index (χ1n) is 8.61. The van der Waals surface area contributed by atoms with Crippen molar-refractivity contribution in [2.75, 3.05) is 14.2 Å². The highest BCUT2D eigenvalue weighted by Gasteiger charge is 2.20. The zero-order chi connectivity index (χ0) is 20.3.